The smallest absolute Gasteiger partial charge is 0.110 e. The Kier molecular flexibility index (Phi) is 5.30. The largest absolute Gasteiger partial charge is 0.335 e. The molecule has 0 saturated carbocycles. The number of nitrogens with one attached hydrogen (secondary N) is 1. The molecule has 0 aliphatic carbocycles. The predicted molar refractivity (Wildman–Crippen MR) is 81.6 cm³/mol. The van der Waals surface area contributed by atoms with Gasteiger partial charge in [-0.15, -0.1) is 0 Å². The lowest BCUT2D eigenvalue weighted by Crippen LogP contribution is -2.26. The highest BCUT2D eigenvalue weighted by Crippen LogP contribution is 2.20. The summed E-state index contributed by atoms with van der Waals surface area (Å²) in [4.78, 5) is 9.09. The summed E-state index contributed by atoms with van der Waals surface area (Å²) in [6, 6.07) is 4.40. The summed E-state index contributed by atoms with van der Waals surface area (Å²) in [5, 5.41) is 3.55. The van der Waals surface area contributed by atoms with Crippen molar-refractivity contribution in [1.29, 1.82) is 0 Å². The van der Waals surface area contributed by atoms with E-state index in [1.807, 2.05) is 24.7 Å². The number of hydrogen-bond donors (Lipinski definition) is 1. The first-order chi connectivity index (χ1) is 9.80. The van der Waals surface area contributed by atoms with E-state index in [1.165, 1.54) is 5.56 Å². The molecule has 0 saturated heterocycles. The van der Waals surface area contributed by atoms with Crippen LogP contribution in [0.5, 0.6) is 0 Å². The molecule has 4 heteroatoms. The van der Waals surface area contributed by atoms with Gasteiger partial charge in [-0.3, -0.25) is 4.98 Å². The molecule has 0 fully saturated rings. The number of pyridine rings is 1. The zero-order valence-electron chi connectivity index (χ0n) is 12.6. The van der Waals surface area contributed by atoms with Crippen LogP contribution in [0.15, 0.2) is 30.7 Å². The van der Waals surface area contributed by atoms with Crippen LogP contribution in [-0.4, -0.2) is 21.1 Å². The van der Waals surface area contributed by atoms with Crippen LogP contribution in [0.25, 0.3) is 0 Å². The summed E-state index contributed by atoms with van der Waals surface area (Å²) in [6.07, 6.45) is 7.68. The van der Waals surface area contributed by atoms with E-state index >= 15 is 0 Å². The van der Waals surface area contributed by atoms with Gasteiger partial charge >= 0.3 is 0 Å². The SMILES string of the molecule is CCNC(Cc1nccn1CC)c1ncccc1CC. The van der Waals surface area contributed by atoms with Crippen molar-refractivity contribution in [2.45, 2.75) is 46.2 Å². The van der Waals surface area contributed by atoms with Crippen molar-refractivity contribution in [3.63, 3.8) is 0 Å². The number of aromatic nitrogens is 3. The molecule has 1 N–H and O–H groups in total. The molecule has 0 aliphatic heterocycles. The molecule has 0 aliphatic rings. The third-order valence-corrected chi connectivity index (χ3v) is 3.62. The first kappa shape index (κ1) is 14.7. The maximum absolute atomic E-state index is 4.60. The molecule has 0 radical (unpaired) electrons. The molecule has 108 valence electrons. The fourth-order valence-corrected chi connectivity index (χ4v) is 2.58. The number of imidazole rings is 1. The minimum absolute atomic E-state index is 0.226. The van der Waals surface area contributed by atoms with Crippen LogP contribution in [0.2, 0.25) is 0 Å². The number of hydrogen-bond acceptors (Lipinski definition) is 3. The van der Waals surface area contributed by atoms with Crippen molar-refractivity contribution in [2.75, 3.05) is 6.54 Å². The minimum atomic E-state index is 0.226. The van der Waals surface area contributed by atoms with Crippen molar-refractivity contribution < 1.29 is 0 Å². The van der Waals surface area contributed by atoms with E-state index in [0.717, 1.165) is 37.4 Å². The van der Waals surface area contributed by atoms with Gasteiger partial charge in [-0.2, -0.15) is 0 Å². The van der Waals surface area contributed by atoms with Crippen LogP contribution in [-0.2, 0) is 19.4 Å². The predicted octanol–water partition coefficient (Wildman–Crippen LogP) is 2.75. The molecule has 2 rings (SSSR count). The molecule has 2 aromatic heterocycles. The quantitative estimate of drug-likeness (QED) is 0.843. The van der Waals surface area contributed by atoms with Gasteiger partial charge in [-0.25, -0.2) is 4.98 Å². The Morgan fingerprint density at radius 3 is 2.75 bits per heavy atom. The summed E-state index contributed by atoms with van der Waals surface area (Å²) in [5.41, 5.74) is 2.47. The molecule has 0 aromatic carbocycles. The van der Waals surface area contributed by atoms with Gasteiger partial charge in [0.1, 0.15) is 5.82 Å². The highest BCUT2D eigenvalue weighted by molar-refractivity contribution is 5.24. The Morgan fingerprint density at radius 2 is 2.05 bits per heavy atom. The second kappa shape index (κ2) is 7.20. The molecule has 0 amide bonds. The summed E-state index contributed by atoms with van der Waals surface area (Å²) in [5.74, 6) is 1.12. The van der Waals surface area contributed by atoms with Crippen LogP contribution in [0.4, 0.5) is 0 Å². The van der Waals surface area contributed by atoms with Crippen molar-refractivity contribution in [3.05, 3.63) is 47.8 Å². The second-order valence-corrected chi connectivity index (χ2v) is 4.85. The van der Waals surface area contributed by atoms with E-state index in [1.54, 1.807) is 0 Å². The van der Waals surface area contributed by atoms with Gasteiger partial charge in [0.2, 0.25) is 0 Å². The Balaban J connectivity index is 2.27. The maximum Gasteiger partial charge on any atom is 0.110 e. The number of nitrogens with zero attached hydrogens (tertiary/aromatic N) is 3. The average Bonchev–Trinajstić information content (AvgIpc) is 2.94. The summed E-state index contributed by atoms with van der Waals surface area (Å²) in [6.45, 7) is 8.34. The molecule has 20 heavy (non-hydrogen) atoms. The summed E-state index contributed by atoms with van der Waals surface area (Å²) < 4.78 is 2.19. The molecular weight excluding hydrogens is 248 g/mol. The van der Waals surface area contributed by atoms with E-state index in [0.29, 0.717) is 0 Å². The molecule has 1 unspecified atom stereocenters. The standard InChI is InChI=1S/C16H24N4/c1-4-13-8-7-9-19-16(13)14(17-5-2)12-15-18-10-11-20(15)6-3/h7-11,14,17H,4-6,12H2,1-3H3. The lowest BCUT2D eigenvalue weighted by molar-refractivity contribution is 0.507. The maximum atomic E-state index is 4.60. The van der Waals surface area contributed by atoms with E-state index in [9.17, 15) is 0 Å². The van der Waals surface area contributed by atoms with E-state index in [2.05, 4.69) is 46.7 Å². The molecule has 2 heterocycles. The van der Waals surface area contributed by atoms with E-state index in [-0.39, 0.29) is 6.04 Å². The fourth-order valence-electron chi connectivity index (χ4n) is 2.58. The molecule has 0 spiro atoms. The van der Waals surface area contributed by atoms with Crippen molar-refractivity contribution in [2.24, 2.45) is 0 Å². The topological polar surface area (TPSA) is 42.7 Å². The molecule has 1 atom stereocenters. The van der Waals surface area contributed by atoms with Gasteiger partial charge in [0.25, 0.3) is 0 Å². The van der Waals surface area contributed by atoms with Crippen molar-refractivity contribution in [1.82, 2.24) is 19.9 Å². The van der Waals surface area contributed by atoms with Crippen LogP contribution < -0.4 is 5.32 Å². The third kappa shape index (κ3) is 3.25. The summed E-state index contributed by atoms with van der Waals surface area (Å²) >= 11 is 0. The monoisotopic (exact) mass is 272 g/mol. The Bertz CT molecular complexity index is 533. The minimum Gasteiger partial charge on any atom is -0.335 e. The zero-order chi connectivity index (χ0) is 14.4. The Labute approximate surface area is 121 Å². The van der Waals surface area contributed by atoms with Gasteiger partial charge < -0.3 is 9.88 Å². The van der Waals surface area contributed by atoms with Crippen LogP contribution in [0, 0.1) is 0 Å². The van der Waals surface area contributed by atoms with Gasteiger partial charge in [0, 0.05) is 31.6 Å². The highest BCUT2D eigenvalue weighted by Gasteiger charge is 2.17. The average molecular weight is 272 g/mol. The van der Waals surface area contributed by atoms with Crippen LogP contribution in [0.1, 0.15) is 43.9 Å². The summed E-state index contributed by atoms with van der Waals surface area (Å²) in [7, 11) is 0. The van der Waals surface area contributed by atoms with Crippen LogP contribution >= 0.6 is 0 Å². The lowest BCUT2D eigenvalue weighted by Gasteiger charge is -2.20. The molecule has 0 bridgehead atoms. The normalized spacial score (nSPS) is 12.6. The molecule has 4 nitrogen and oxygen atoms in total. The van der Waals surface area contributed by atoms with Crippen molar-refractivity contribution >= 4 is 0 Å². The molecule has 2 aromatic rings. The Morgan fingerprint density at radius 1 is 1.20 bits per heavy atom. The number of likely N-dealkylation sites (N-methyl/N-ethyl adjacent to an activating group) is 1. The highest BCUT2D eigenvalue weighted by atomic mass is 15.1. The van der Waals surface area contributed by atoms with Crippen LogP contribution in [0.3, 0.4) is 0 Å². The van der Waals surface area contributed by atoms with Gasteiger partial charge in [0.05, 0.1) is 11.7 Å². The number of aryl methyl sites for hydroxylation is 2. The fraction of sp³-hybridized carbons (Fsp3) is 0.500. The van der Waals surface area contributed by atoms with Gasteiger partial charge in [-0.1, -0.05) is 19.9 Å². The third-order valence-electron chi connectivity index (χ3n) is 3.62. The zero-order valence-corrected chi connectivity index (χ0v) is 12.6. The van der Waals surface area contributed by atoms with E-state index < -0.39 is 0 Å². The van der Waals surface area contributed by atoms with Gasteiger partial charge in [0.15, 0.2) is 0 Å². The van der Waals surface area contributed by atoms with Gasteiger partial charge in [-0.05, 0) is 31.5 Å². The Hall–Kier alpha value is -1.68. The second-order valence-electron chi connectivity index (χ2n) is 4.85. The van der Waals surface area contributed by atoms with Crippen molar-refractivity contribution in [3.8, 4) is 0 Å². The molecular formula is C16H24N4. The van der Waals surface area contributed by atoms with E-state index in [4.69, 9.17) is 0 Å². The lowest BCUT2D eigenvalue weighted by atomic mass is 10.0. The first-order valence-corrected chi connectivity index (χ1v) is 7.47. The first-order valence-electron chi connectivity index (χ1n) is 7.47. The number of rotatable bonds is 7.